The number of anilines is 1. The van der Waals surface area contributed by atoms with E-state index in [1.54, 1.807) is 0 Å². The first-order valence-electron chi connectivity index (χ1n) is 7.02. The van der Waals surface area contributed by atoms with Crippen LogP contribution in [0.25, 0.3) is 0 Å². The predicted octanol–water partition coefficient (Wildman–Crippen LogP) is 3.20. The Hall–Kier alpha value is -2.21. The van der Waals surface area contributed by atoms with Crippen molar-refractivity contribution in [1.29, 1.82) is 0 Å². The van der Waals surface area contributed by atoms with Crippen LogP contribution < -0.4 is 5.73 Å². The van der Waals surface area contributed by atoms with Crippen LogP contribution in [0.2, 0.25) is 0 Å². The zero-order valence-corrected chi connectivity index (χ0v) is 12.1. The van der Waals surface area contributed by atoms with Gasteiger partial charge in [0.2, 0.25) is 0 Å². The van der Waals surface area contributed by atoms with Crippen molar-refractivity contribution in [1.82, 2.24) is 9.55 Å². The second kappa shape index (κ2) is 6.29. The minimum Gasteiger partial charge on any atom is -0.383 e. The molecule has 0 saturated heterocycles. The summed E-state index contributed by atoms with van der Waals surface area (Å²) < 4.78 is 1.96. The van der Waals surface area contributed by atoms with Gasteiger partial charge in [-0.25, -0.2) is 4.98 Å². The number of imidazole rings is 1. The van der Waals surface area contributed by atoms with Crippen LogP contribution in [-0.2, 0) is 13.0 Å². The van der Waals surface area contributed by atoms with E-state index in [1.165, 1.54) is 5.56 Å². The van der Waals surface area contributed by atoms with E-state index < -0.39 is 0 Å². The number of terminal acetylenes is 1. The quantitative estimate of drug-likeness (QED) is 0.845. The van der Waals surface area contributed by atoms with Crippen molar-refractivity contribution in [2.45, 2.75) is 39.2 Å². The van der Waals surface area contributed by atoms with Gasteiger partial charge in [0, 0.05) is 12.3 Å². The first kappa shape index (κ1) is 14.2. The summed E-state index contributed by atoms with van der Waals surface area (Å²) in [7, 11) is 0. The van der Waals surface area contributed by atoms with Gasteiger partial charge in [-0.05, 0) is 12.0 Å². The van der Waals surface area contributed by atoms with Gasteiger partial charge in [-0.3, -0.25) is 0 Å². The Bertz CT molecular complexity index is 605. The van der Waals surface area contributed by atoms with E-state index in [0.29, 0.717) is 12.4 Å². The highest BCUT2D eigenvalue weighted by atomic mass is 15.1. The van der Waals surface area contributed by atoms with Crippen molar-refractivity contribution >= 4 is 5.82 Å². The molecular weight excluding hydrogens is 246 g/mol. The number of nitrogens with two attached hydrogens (primary N) is 1. The third kappa shape index (κ3) is 2.70. The molecule has 1 unspecified atom stereocenters. The molecule has 2 aromatic rings. The van der Waals surface area contributed by atoms with Crippen LogP contribution in [-0.4, -0.2) is 9.55 Å². The van der Waals surface area contributed by atoms with Crippen LogP contribution in [0.3, 0.4) is 0 Å². The molecule has 20 heavy (non-hydrogen) atoms. The zero-order valence-electron chi connectivity index (χ0n) is 12.1. The smallest absolute Gasteiger partial charge is 0.128 e. The number of rotatable bonds is 5. The summed E-state index contributed by atoms with van der Waals surface area (Å²) in [5.41, 5.74) is 8.40. The topological polar surface area (TPSA) is 43.8 Å². The van der Waals surface area contributed by atoms with E-state index in [4.69, 9.17) is 17.1 Å². The fourth-order valence-corrected chi connectivity index (χ4v) is 2.43. The highest BCUT2D eigenvalue weighted by Crippen LogP contribution is 2.29. The van der Waals surface area contributed by atoms with Gasteiger partial charge in [-0.1, -0.05) is 50.1 Å². The minimum absolute atomic E-state index is 0.172. The molecule has 1 heterocycles. The van der Waals surface area contributed by atoms with Gasteiger partial charge in [0.05, 0.1) is 12.2 Å². The van der Waals surface area contributed by atoms with Crippen molar-refractivity contribution in [2.24, 2.45) is 0 Å². The number of aryl methyl sites for hydroxylation is 1. The number of nitrogen functional groups attached to an aromatic ring is 1. The minimum atomic E-state index is 0.172. The predicted molar refractivity (Wildman–Crippen MR) is 83.4 cm³/mol. The Morgan fingerprint density at radius 3 is 2.65 bits per heavy atom. The molecule has 3 heteroatoms. The molecule has 3 nitrogen and oxygen atoms in total. The van der Waals surface area contributed by atoms with E-state index in [-0.39, 0.29) is 5.92 Å². The third-order valence-corrected chi connectivity index (χ3v) is 3.55. The van der Waals surface area contributed by atoms with Crippen LogP contribution in [0, 0.1) is 12.3 Å². The molecule has 0 saturated carbocycles. The second-order valence-corrected chi connectivity index (χ2v) is 4.97. The Morgan fingerprint density at radius 1 is 1.35 bits per heavy atom. The third-order valence-electron chi connectivity index (χ3n) is 3.55. The van der Waals surface area contributed by atoms with Crippen LogP contribution in [0.5, 0.6) is 0 Å². The molecule has 0 radical (unpaired) electrons. The molecule has 1 aromatic carbocycles. The standard InChI is InChI=1S/C17H21N3/c1-4-9-15-19-16(17(18)20(15)12-5-2)13(3)14-10-7-6-8-11-14/h2,6-8,10-11,13H,4,9,12,18H2,1,3H3. The number of benzene rings is 1. The van der Waals surface area contributed by atoms with Crippen LogP contribution in [0.15, 0.2) is 30.3 Å². The maximum absolute atomic E-state index is 6.26. The molecule has 0 aliphatic carbocycles. The van der Waals surface area contributed by atoms with Gasteiger partial charge in [0.15, 0.2) is 0 Å². The average molecular weight is 267 g/mol. The lowest BCUT2D eigenvalue weighted by molar-refractivity contribution is 0.732. The maximum Gasteiger partial charge on any atom is 0.128 e. The van der Waals surface area contributed by atoms with Crippen molar-refractivity contribution in [3.8, 4) is 12.3 Å². The average Bonchev–Trinajstić information content (AvgIpc) is 2.77. The number of hydrogen-bond donors (Lipinski definition) is 1. The summed E-state index contributed by atoms with van der Waals surface area (Å²) >= 11 is 0. The maximum atomic E-state index is 6.26. The van der Waals surface area contributed by atoms with Gasteiger partial charge < -0.3 is 10.3 Å². The molecule has 0 aliphatic rings. The summed E-state index contributed by atoms with van der Waals surface area (Å²) in [6.45, 7) is 4.74. The van der Waals surface area contributed by atoms with E-state index in [2.05, 4.69) is 31.9 Å². The zero-order chi connectivity index (χ0) is 14.5. The Labute approximate surface area is 120 Å². The van der Waals surface area contributed by atoms with Crippen LogP contribution in [0.4, 0.5) is 5.82 Å². The first-order chi connectivity index (χ1) is 9.69. The van der Waals surface area contributed by atoms with E-state index >= 15 is 0 Å². The van der Waals surface area contributed by atoms with E-state index in [0.717, 1.165) is 24.4 Å². The first-order valence-corrected chi connectivity index (χ1v) is 7.02. The molecule has 0 amide bonds. The highest BCUT2D eigenvalue weighted by molar-refractivity contribution is 5.45. The summed E-state index contributed by atoms with van der Waals surface area (Å²) in [4.78, 5) is 4.74. The molecule has 1 aromatic heterocycles. The molecule has 1 atom stereocenters. The van der Waals surface area contributed by atoms with Gasteiger partial charge >= 0.3 is 0 Å². The van der Waals surface area contributed by atoms with Crippen molar-refractivity contribution < 1.29 is 0 Å². The summed E-state index contributed by atoms with van der Waals surface area (Å²) in [5.74, 6) is 4.51. The largest absolute Gasteiger partial charge is 0.383 e. The van der Waals surface area contributed by atoms with Crippen LogP contribution in [0.1, 0.15) is 43.3 Å². The van der Waals surface area contributed by atoms with Gasteiger partial charge in [-0.15, -0.1) is 6.42 Å². The monoisotopic (exact) mass is 267 g/mol. The van der Waals surface area contributed by atoms with Gasteiger partial charge in [0.1, 0.15) is 11.6 Å². The fraction of sp³-hybridized carbons (Fsp3) is 0.353. The van der Waals surface area contributed by atoms with Crippen molar-refractivity contribution in [2.75, 3.05) is 5.73 Å². The molecule has 2 N–H and O–H groups in total. The SMILES string of the molecule is C#CCn1c(CCC)nc(C(C)c2ccccc2)c1N. The van der Waals surface area contributed by atoms with Gasteiger partial charge in [-0.2, -0.15) is 0 Å². The molecule has 0 fully saturated rings. The number of aromatic nitrogens is 2. The number of hydrogen-bond acceptors (Lipinski definition) is 2. The molecule has 0 spiro atoms. The summed E-state index contributed by atoms with van der Waals surface area (Å²) in [5, 5.41) is 0. The van der Waals surface area contributed by atoms with Gasteiger partial charge in [0.25, 0.3) is 0 Å². The highest BCUT2D eigenvalue weighted by Gasteiger charge is 2.19. The lowest BCUT2D eigenvalue weighted by Gasteiger charge is -2.10. The summed E-state index contributed by atoms with van der Waals surface area (Å²) in [6, 6.07) is 10.3. The molecule has 0 bridgehead atoms. The van der Waals surface area contributed by atoms with Crippen LogP contribution >= 0.6 is 0 Å². The Morgan fingerprint density at radius 2 is 2.05 bits per heavy atom. The van der Waals surface area contributed by atoms with Crippen molar-refractivity contribution in [3.63, 3.8) is 0 Å². The van der Waals surface area contributed by atoms with Crippen molar-refractivity contribution in [3.05, 3.63) is 47.4 Å². The Kier molecular flexibility index (Phi) is 4.47. The summed E-state index contributed by atoms with van der Waals surface area (Å²) in [6.07, 6.45) is 7.36. The number of nitrogens with zero attached hydrogens (tertiary/aromatic N) is 2. The Balaban J connectivity index is 2.42. The molecule has 104 valence electrons. The van der Waals surface area contributed by atoms with E-state index in [9.17, 15) is 0 Å². The molecule has 2 rings (SSSR count). The lowest BCUT2D eigenvalue weighted by atomic mass is 9.98. The molecular formula is C17H21N3. The second-order valence-electron chi connectivity index (χ2n) is 4.97. The van der Waals surface area contributed by atoms with E-state index in [1.807, 2.05) is 22.8 Å². The lowest BCUT2D eigenvalue weighted by Crippen LogP contribution is -2.07. The normalized spacial score (nSPS) is 12.1. The molecule has 0 aliphatic heterocycles. The fourth-order valence-electron chi connectivity index (χ4n) is 2.43.